The predicted octanol–water partition coefficient (Wildman–Crippen LogP) is 15.8. The fourth-order valence-electron chi connectivity index (χ4n) is 12.9. The van der Waals surface area contributed by atoms with E-state index >= 15 is 0 Å². The molecule has 0 fully saturated rings. The molecule has 346 valence electrons. The van der Waals surface area contributed by atoms with Crippen molar-refractivity contribution in [2.45, 2.75) is 71.6 Å². The van der Waals surface area contributed by atoms with Crippen LogP contribution in [0, 0.1) is 0 Å². The zero-order valence-corrected chi connectivity index (χ0v) is 42.0. The average Bonchev–Trinajstić information content (AvgIpc) is 4.10. The third-order valence-corrected chi connectivity index (χ3v) is 16.6. The van der Waals surface area contributed by atoms with Gasteiger partial charge in [0, 0.05) is 60.8 Å². The third-order valence-electron chi connectivity index (χ3n) is 16.6. The third kappa shape index (κ3) is 5.58. The average molecular weight is 929 g/mol. The van der Waals surface area contributed by atoms with E-state index in [4.69, 9.17) is 9.40 Å². The maximum atomic E-state index is 6.91. The van der Waals surface area contributed by atoms with E-state index in [-0.39, 0.29) is 23.1 Å². The quantitative estimate of drug-likeness (QED) is 0.166. The smallest absolute Gasteiger partial charge is 0.333 e. The first kappa shape index (κ1) is 41.7. The molecule has 0 spiro atoms. The highest BCUT2D eigenvalue weighted by Crippen LogP contribution is 2.53. The van der Waals surface area contributed by atoms with E-state index in [0.717, 1.165) is 61.4 Å². The molecule has 0 atom stereocenters. The summed E-state index contributed by atoms with van der Waals surface area (Å²) in [5.74, 6) is 0.920. The number of para-hydroxylation sites is 1. The zero-order valence-electron chi connectivity index (χ0n) is 42.0. The van der Waals surface area contributed by atoms with Gasteiger partial charge in [0.15, 0.2) is 0 Å². The van der Waals surface area contributed by atoms with E-state index in [1.807, 2.05) is 0 Å². The van der Waals surface area contributed by atoms with Crippen LogP contribution in [0.3, 0.4) is 0 Å². The van der Waals surface area contributed by atoms with Gasteiger partial charge in [-0.3, -0.25) is 4.57 Å². The van der Waals surface area contributed by atoms with Crippen molar-refractivity contribution in [2.75, 3.05) is 4.81 Å². The van der Waals surface area contributed by atoms with Gasteiger partial charge in [0.05, 0.1) is 22.1 Å². The Labute approximate surface area is 420 Å². The second-order valence-corrected chi connectivity index (χ2v) is 23.2. The molecule has 0 N–H and O–H groups in total. The fraction of sp³-hybridized carbons (Fsp3) is 0.167. The molecule has 2 aliphatic heterocycles. The van der Waals surface area contributed by atoms with Crippen LogP contribution in [-0.2, 0) is 16.2 Å². The number of rotatable bonds is 3. The van der Waals surface area contributed by atoms with Gasteiger partial charge in [-0.05, 0) is 127 Å². The van der Waals surface area contributed by atoms with Crippen molar-refractivity contribution >= 4 is 83.9 Å². The summed E-state index contributed by atoms with van der Waals surface area (Å²) >= 11 is 0. The number of hydrogen-bond donors (Lipinski definition) is 0. The van der Waals surface area contributed by atoms with Crippen LogP contribution in [0.2, 0.25) is 0 Å². The standard InChI is InChI=1S/C66H53BN4O/c1-64(2,3)39-23-26-42(27-24-39)71-56-34-50-44-28-25-40(65(4,5)6)31-59(44)72-60(50)35-49(56)45-29-30-46-48-32-52-47(43-21-15-16-22-51(43)66(52,7)8)33-55(48)70-57-37-58-54(36-53(57)67(71)61(45)62(46)70)68-63(38-17-11-9-12-18-38)69(58)41-19-13-10-14-20-41/h9-37H,1-8H3. The second kappa shape index (κ2) is 14.1. The minimum absolute atomic E-state index is 0.00172. The first-order valence-corrected chi connectivity index (χ1v) is 25.6. The lowest BCUT2D eigenvalue weighted by molar-refractivity contribution is 0.587. The van der Waals surface area contributed by atoms with Crippen molar-refractivity contribution in [3.8, 4) is 45.0 Å². The lowest BCUT2D eigenvalue weighted by Gasteiger charge is -2.42. The molecule has 0 radical (unpaired) electrons. The van der Waals surface area contributed by atoms with Gasteiger partial charge in [0.2, 0.25) is 0 Å². The van der Waals surface area contributed by atoms with E-state index in [9.17, 15) is 0 Å². The van der Waals surface area contributed by atoms with Gasteiger partial charge in [-0.2, -0.15) is 0 Å². The Morgan fingerprint density at radius 1 is 0.486 bits per heavy atom. The molecule has 15 rings (SSSR count). The number of benzene rings is 9. The van der Waals surface area contributed by atoms with Crippen molar-refractivity contribution in [1.82, 2.24) is 14.1 Å². The van der Waals surface area contributed by atoms with Gasteiger partial charge >= 0.3 is 6.85 Å². The van der Waals surface area contributed by atoms with E-state index in [0.29, 0.717) is 0 Å². The van der Waals surface area contributed by atoms with Crippen LogP contribution in [0.15, 0.2) is 180 Å². The lowest BCUT2D eigenvalue weighted by Crippen LogP contribution is -2.60. The van der Waals surface area contributed by atoms with Crippen LogP contribution >= 0.6 is 0 Å². The highest BCUT2D eigenvalue weighted by molar-refractivity contribution is 6.94. The molecule has 0 saturated heterocycles. The van der Waals surface area contributed by atoms with E-state index in [1.165, 1.54) is 82.9 Å². The molecule has 3 aromatic heterocycles. The number of anilines is 2. The van der Waals surface area contributed by atoms with Gasteiger partial charge in [-0.25, -0.2) is 4.98 Å². The zero-order chi connectivity index (χ0) is 48.7. The summed E-state index contributed by atoms with van der Waals surface area (Å²) in [5.41, 5.74) is 24.7. The summed E-state index contributed by atoms with van der Waals surface area (Å²) in [6.07, 6.45) is 0. The summed E-state index contributed by atoms with van der Waals surface area (Å²) in [4.78, 5) is 8.26. The van der Waals surface area contributed by atoms with Crippen LogP contribution < -0.4 is 15.7 Å². The molecule has 12 aromatic rings. The van der Waals surface area contributed by atoms with E-state index < -0.39 is 0 Å². The Morgan fingerprint density at radius 2 is 1.18 bits per heavy atom. The van der Waals surface area contributed by atoms with E-state index in [1.54, 1.807) is 0 Å². The highest BCUT2D eigenvalue weighted by Gasteiger charge is 2.46. The van der Waals surface area contributed by atoms with Crippen LogP contribution in [0.5, 0.6) is 0 Å². The summed E-state index contributed by atoms with van der Waals surface area (Å²) in [6, 6.07) is 66.1. The lowest BCUT2D eigenvalue weighted by atomic mass is 9.44. The largest absolute Gasteiger partial charge is 0.456 e. The normalized spacial score (nSPS) is 14.4. The number of furan rings is 1. The predicted molar refractivity (Wildman–Crippen MR) is 302 cm³/mol. The summed E-state index contributed by atoms with van der Waals surface area (Å²) in [6.45, 7) is 18.3. The van der Waals surface area contributed by atoms with Crippen LogP contribution in [-0.4, -0.2) is 21.0 Å². The molecule has 72 heavy (non-hydrogen) atoms. The van der Waals surface area contributed by atoms with Gasteiger partial charge in [0.1, 0.15) is 17.0 Å². The van der Waals surface area contributed by atoms with Crippen LogP contribution in [0.4, 0.5) is 11.4 Å². The Kier molecular flexibility index (Phi) is 8.15. The topological polar surface area (TPSA) is 39.1 Å². The highest BCUT2D eigenvalue weighted by atomic mass is 16.3. The van der Waals surface area contributed by atoms with Crippen LogP contribution in [0.1, 0.15) is 77.6 Å². The molecular formula is C66H53BN4O. The molecule has 0 saturated carbocycles. The first-order valence-electron chi connectivity index (χ1n) is 25.6. The van der Waals surface area contributed by atoms with Crippen molar-refractivity contribution in [3.05, 3.63) is 198 Å². The first-order chi connectivity index (χ1) is 34.7. The Bertz CT molecular complexity index is 4310. The number of hydrogen-bond acceptors (Lipinski definition) is 3. The maximum absolute atomic E-state index is 6.91. The molecule has 9 aromatic carbocycles. The van der Waals surface area contributed by atoms with Gasteiger partial charge in [0.25, 0.3) is 0 Å². The molecule has 0 bridgehead atoms. The summed E-state index contributed by atoms with van der Waals surface area (Å²) in [7, 11) is 0. The molecule has 1 aliphatic carbocycles. The Hall–Kier alpha value is -8.09. The van der Waals surface area contributed by atoms with Crippen molar-refractivity contribution in [3.63, 3.8) is 0 Å². The molecular weight excluding hydrogens is 876 g/mol. The fourth-order valence-corrected chi connectivity index (χ4v) is 12.9. The minimum Gasteiger partial charge on any atom is -0.456 e. The number of fused-ring (bicyclic) bond motifs is 15. The second-order valence-electron chi connectivity index (χ2n) is 23.2. The minimum atomic E-state index is -0.193. The van der Waals surface area contributed by atoms with Gasteiger partial charge < -0.3 is 13.8 Å². The molecule has 5 nitrogen and oxygen atoms in total. The number of nitrogens with zero attached hydrogens (tertiary/aromatic N) is 4. The van der Waals surface area contributed by atoms with Crippen molar-refractivity contribution in [1.29, 1.82) is 0 Å². The Morgan fingerprint density at radius 3 is 1.94 bits per heavy atom. The molecule has 5 heterocycles. The Balaban J connectivity index is 1.10. The van der Waals surface area contributed by atoms with Crippen molar-refractivity contribution < 1.29 is 4.42 Å². The van der Waals surface area contributed by atoms with Crippen molar-refractivity contribution in [2.24, 2.45) is 0 Å². The maximum Gasteiger partial charge on any atom is 0.333 e. The van der Waals surface area contributed by atoms with Gasteiger partial charge in [-0.15, -0.1) is 0 Å². The number of aromatic nitrogens is 3. The molecule has 3 aliphatic rings. The SMILES string of the molecule is CC(C)(C)c1ccc(N2B3c4cc5nc(-c6ccccc6)n(-c6ccccc6)c5cc4-n4c5cc6c(cc5c5ccc(c3c54)-c3cc4oc5cc(C(C)(C)C)ccc5c4cc32)C(C)(C)c2ccccc2-6)cc1. The van der Waals surface area contributed by atoms with Crippen LogP contribution in [0.25, 0.3) is 99.8 Å². The summed E-state index contributed by atoms with van der Waals surface area (Å²) in [5, 5.41) is 4.79. The molecule has 0 amide bonds. The summed E-state index contributed by atoms with van der Waals surface area (Å²) < 4.78 is 11.9. The molecule has 6 heteroatoms. The monoisotopic (exact) mass is 928 g/mol. The molecule has 0 unspecified atom stereocenters. The number of imidazole rings is 1. The van der Waals surface area contributed by atoms with E-state index in [2.05, 4.69) is 245 Å². The van der Waals surface area contributed by atoms with Gasteiger partial charge in [-0.1, -0.05) is 165 Å².